The third kappa shape index (κ3) is 4.70. The fourth-order valence-electron chi connectivity index (χ4n) is 3.12. The molecule has 1 aromatic carbocycles. The zero-order chi connectivity index (χ0) is 22.0. The summed E-state index contributed by atoms with van der Waals surface area (Å²) in [5.41, 5.74) is 0.684. The number of thioether (sulfide) groups is 2. The number of thiocarbonyl (C=S) groups is 3. The highest BCUT2D eigenvalue weighted by atomic mass is 32.2. The van der Waals surface area contributed by atoms with Crippen LogP contribution in [0.15, 0.2) is 47.3 Å². The van der Waals surface area contributed by atoms with Crippen molar-refractivity contribution < 1.29 is 9.63 Å². The van der Waals surface area contributed by atoms with E-state index in [2.05, 4.69) is 0 Å². The highest BCUT2D eigenvalue weighted by molar-refractivity contribution is 8.23. The lowest BCUT2D eigenvalue weighted by atomic mass is 10.2. The maximum atomic E-state index is 13.3. The first-order valence-electron chi connectivity index (χ1n) is 9.38. The first-order valence-corrected chi connectivity index (χ1v) is 12.6. The van der Waals surface area contributed by atoms with Crippen LogP contribution >= 0.6 is 60.2 Å². The maximum absolute atomic E-state index is 13.3. The van der Waals surface area contributed by atoms with Crippen LogP contribution in [-0.2, 0) is 6.61 Å². The molecule has 0 unspecified atom stereocenters. The Bertz CT molecular complexity index is 1120. The number of aromatic nitrogens is 1. The van der Waals surface area contributed by atoms with Gasteiger partial charge in [-0.05, 0) is 17.7 Å². The molecule has 2 fully saturated rings. The molecule has 11 heteroatoms. The quantitative estimate of drug-likeness (QED) is 0.569. The summed E-state index contributed by atoms with van der Waals surface area (Å²) in [6, 6.07) is 12.6. The van der Waals surface area contributed by atoms with E-state index in [0.29, 0.717) is 32.4 Å². The van der Waals surface area contributed by atoms with Gasteiger partial charge in [0, 0.05) is 24.6 Å². The fourth-order valence-corrected chi connectivity index (χ4v) is 5.99. The van der Waals surface area contributed by atoms with E-state index in [0.717, 1.165) is 21.8 Å². The molecule has 4 rings (SSSR count). The Morgan fingerprint density at radius 1 is 0.968 bits per heavy atom. The zero-order valence-electron chi connectivity index (χ0n) is 16.2. The summed E-state index contributed by atoms with van der Waals surface area (Å²) in [5, 5.41) is 0. The summed E-state index contributed by atoms with van der Waals surface area (Å²) < 4.78 is 2.24. The molecule has 6 nitrogen and oxygen atoms in total. The van der Waals surface area contributed by atoms with Crippen LogP contribution in [0.25, 0.3) is 0 Å². The van der Waals surface area contributed by atoms with Crippen LogP contribution in [0.1, 0.15) is 21.6 Å². The van der Waals surface area contributed by atoms with Crippen molar-refractivity contribution in [1.29, 1.82) is 0 Å². The van der Waals surface area contributed by atoms with Gasteiger partial charge >= 0.3 is 0 Å². The number of hydrogen-bond donors (Lipinski definition) is 0. The Morgan fingerprint density at radius 3 is 2.23 bits per heavy atom. The van der Waals surface area contributed by atoms with E-state index in [1.807, 2.05) is 30.3 Å². The monoisotopic (exact) mass is 507 g/mol. The molecule has 0 saturated carbocycles. The second kappa shape index (κ2) is 9.78. The minimum atomic E-state index is -0.571. The van der Waals surface area contributed by atoms with E-state index >= 15 is 0 Å². The van der Waals surface area contributed by atoms with Gasteiger partial charge in [-0.2, -0.15) is 0 Å². The van der Waals surface area contributed by atoms with Crippen molar-refractivity contribution in [3.8, 4) is 0 Å². The molecule has 3 heterocycles. The van der Waals surface area contributed by atoms with Crippen LogP contribution in [0.5, 0.6) is 0 Å². The molecule has 2 saturated heterocycles. The van der Waals surface area contributed by atoms with Crippen LogP contribution in [0.4, 0.5) is 0 Å². The number of benzene rings is 1. The molecule has 2 aliphatic rings. The lowest BCUT2D eigenvalue weighted by molar-refractivity contribution is 0.0795. The maximum Gasteiger partial charge on any atom is 0.296 e. The number of amides is 1. The van der Waals surface area contributed by atoms with Gasteiger partial charge in [0.25, 0.3) is 11.5 Å². The number of carbonyl (C=O) groups is 1. The van der Waals surface area contributed by atoms with E-state index in [9.17, 15) is 9.59 Å². The minimum Gasteiger partial charge on any atom is -0.405 e. The van der Waals surface area contributed by atoms with Gasteiger partial charge in [-0.25, -0.2) is 0 Å². The Kier molecular flexibility index (Phi) is 7.07. The van der Waals surface area contributed by atoms with E-state index in [-0.39, 0.29) is 12.2 Å². The molecular weight excluding hydrogens is 491 g/mol. The Hall–Kier alpha value is -1.79. The molecule has 0 spiro atoms. The van der Waals surface area contributed by atoms with E-state index in [1.165, 1.54) is 34.5 Å². The van der Waals surface area contributed by atoms with Crippen LogP contribution in [0, 0.1) is 0 Å². The first-order chi connectivity index (χ1) is 15.0. The van der Waals surface area contributed by atoms with E-state index in [1.54, 1.807) is 11.0 Å². The molecule has 0 radical (unpaired) electrons. The van der Waals surface area contributed by atoms with Crippen molar-refractivity contribution in [3.63, 3.8) is 0 Å². The Morgan fingerprint density at radius 2 is 1.61 bits per heavy atom. The van der Waals surface area contributed by atoms with Crippen molar-refractivity contribution in [1.82, 2.24) is 14.5 Å². The standard InChI is InChI=1S/C20H17N3O3S5/c24-16(21-8-10-30-19(21)28)14-6-7-15(18(27)22-9-11-31-20(22)29)23(17(14)25)26-12-13-4-2-1-3-5-13/h1-7H,8-12H2. The van der Waals surface area contributed by atoms with Gasteiger partial charge < -0.3 is 9.74 Å². The summed E-state index contributed by atoms with van der Waals surface area (Å²) >= 11 is 19.2. The second-order valence-electron chi connectivity index (χ2n) is 6.63. The smallest absolute Gasteiger partial charge is 0.296 e. The van der Waals surface area contributed by atoms with Crippen molar-refractivity contribution in [2.75, 3.05) is 24.6 Å². The molecule has 31 heavy (non-hydrogen) atoms. The molecule has 0 bridgehead atoms. The third-order valence-corrected chi connectivity index (χ3v) is 7.99. The molecule has 1 amide bonds. The molecule has 0 aliphatic carbocycles. The van der Waals surface area contributed by atoms with Crippen molar-refractivity contribution in [2.45, 2.75) is 6.61 Å². The summed E-state index contributed by atoms with van der Waals surface area (Å²) in [6.07, 6.45) is 0. The second-order valence-corrected chi connectivity index (χ2v) is 10.5. The average molecular weight is 508 g/mol. The highest BCUT2D eigenvalue weighted by Gasteiger charge is 2.30. The molecule has 2 aliphatic heterocycles. The number of nitrogens with zero attached hydrogens (tertiary/aromatic N) is 3. The lowest BCUT2D eigenvalue weighted by Gasteiger charge is -2.22. The normalized spacial score (nSPS) is 16.1. The van der Waals surface area contributed by atoms with E-state index in [4.69, 9.17) is 41.5 Å². The summed E-state index contributed by atoms with van der Waals surface area (Å²) in [7, 11) is 0. The predicted molar refractivity (Wildman–Crippen MR) is 137 cm³/mol. The average Bonchev–Trinajstić information content (AvgIpc) is 3.40. The lowest BCUT2D eigenvalue weighted by Crippen LogP contribution is -2.42. The van der Waals surface area contributed by atoms with Gasteiger partial charge in [-0.3, -0.25) is 14.5 Å². The van der Waals surface area contributed by atoms with Crippen LogP contribution < -0.4 is 10.4 Å². The van der Waals surface area contributed by atoms with Crippen LogP contribution in [0.2, 0.25) is 0 Å². The van der Waals surface area contributed by atoms with Crippen molar-refractivity contribution in [3.05, 3.63) is 69.6 Å². The SMILES string of the molecule is O=C(c1ccc(C(=S)N2CCSC2=S)n(OCc2ccccc2)c1=O)N1CCSC1=S. The summed E-state index contributed by atoms with van der Waals surface area (Å²) in [4.78, 5) is 35.9. The highest BCUT2D eigenvalue weighted by Crippen LogP contribution is 2.22. The number of rotatable bonds is 5. The topological polar surface area (TPSA) is 54.8 Å². The molecule has 2 aromatic rings. The van der Waals surface area contributed by atoms with Crippen molar-refractivity contribution in [2.24, 2.45) is 0 Å². The summed E-state index contributed by atoms with van der Waals surface area (Å²) in [5.74, 6) is 1.12. The Labute approximate surface area is 203 Å². The van der Waals surface area contributed by atoms with Gasteiger partial charge in [-0.1, -0.05) is 90.5 Å². The Balaban J connectivity index is 1.71. The fraction of sp³-hybridized carbons (Fsp3) is 0.250. The van der Waals surface area contributed by atoms with Crippen molar-refractivity contribution >= 4 is 79.7 Å². The van der Waals surface area contributed by atoms with Gasteiger partial charge in [0.05, 0.1) is 0 Å². The van der Waals surface area contributed by atoms with Gasteiger partial charge in [-0.15, -0.1) is 4.73 Å². The minimum absolute atomic E-state index is 0.0113. The number of pyridine rings is 1. The number of hydrogen-bond acceptors (Lipinski definition) is 8. The predicted octanol–water partition coefficient (Wildman–Crippen LogP) is 2.96. The first kappa shape index (κ1) is 22.4. The molecule has 0 N–H and O–H groups in total. The zero-order valence-corrected chi connectivity index (χ0v) is 20.3. The third-order valence-electron chi connectivity index (χ3n) is 4.71. The summed E-state index contributed by atoms with van der Waals surface area (Å²) in [6.45, 7) is 1.28. The molecule has 0 atom stereocenters. The largest absolute Gasteiger partial charge is 0.405 e. The van der Waals surface area contributed by atoms with E-state index < -0.39 is 11.5 Å². The van der Waals surface area contributed by atoms with Crippen LogP contribution in [0.3, 0.4) is 0 Å². The van der Waals surface area contributed by atoms with Crippen LogP contribution in [-0.4, -0.2) is 58.7 Å². The van der Waals surface area contributed by atoms with Gasteiger partial charge in [0.1, 0.15) is 31.5 Å². The molecule has 160 valence electrons. The van der Waals surface area contributed by atoms with Gasteiger partial charge in [0.15, 0.2) is 0 Å². The number of carbonyl (C=O) groups excluding carboxylic acids is 1. The molecule has 1 aromatic heterocycles. The van der Waals surface area contributed by atoms with Gasteiger partial charge in [0.2, 0.25) is 0 Å². The molecular formula is C20H17N3O3S5.